The molecule has 0 unspecified atom stereocenters. The van der Waals surface area contributed by atoms with Gasteiger partial charge in [0, 0.05) is 18.7 Å². The van der Waals surface area contributed by atoms with Gasteiger partial charge in [0.1, 0.15) is 0 Å². The molecule has 0 saturated heterocycles. The Morgan fingerprint density at radius 2 is 1.95 bits per heavy atom. The third-order valence-electron chi connectivity index (χ3n) is 3.61. The van der Waals surface area contributed by atoms with E-state index in [1.165, 1.54) is 25.7 Å². The number of carbonyl (C=O) groups excluding carboxylic acids is 1. The minimum Gasteiger partial charge on any atom is -0.326 e. The van der Waals surface area contributed by atoms with Crippen LogP contribution in [0.25, 0.3) is 0 Å². The number of carbonyl (C=O) groups is 1. The minimum absolute atomic E-state index is 0. The highest BCUT2D eigenvalue weighted by Gasteiger charge is 2.18. The van der Waals surface area contributed by atoms with Crippen molar-refractivity contribution in [1.82, 2.24) is 5.32 Å². The van der Waals surface area contributed by atoms with E-state index in [4.69, 9.17) is 0 Å². The van der Waals surface area contributed by atoms with Gasteiger partial charge in [-0.15, -0.1) is 12.4 Å². The Kier molecular flexibility index (Phi) is 6.89. The largest absolute Gasteiger partial charge is 0.326 e. The van der Waals surface area contributed by atoms with Gasteiger partial charge in [0.05, 0.1) is 0 Å². The Balaban J connectivity index is 0.00000180. The van der Waals surface area contributed by atoms with Gasteiger partial charge in [-0.25, -0.2) is 0 Å². The van der Waals surface area contributed by atoms with Crippen molar-refractivity contribution in [2.75, 3.05) is 12.4 Å². The molecule has 0 heterocycles. The Morgan fingerprint density at radius 3 is 2.63 bits per heavy atom. The lowest BCUT2D eigenvalue weighted by molar-refractivity contribution is -0.117. The maximum atomic E-state index is 12.0. The molecular formula is C15H23ClN2O. The molecule has 0 radical (unpaired) electrons. The Labute approximate surface area is 121 Å². The third kappa shape index (κ3) is 4.84. The van der Waals surface area contributed by atoms with Crippen molar-refractivity contribution in [1.29, 1.82) is 0 Å². The van der Waals surface area contributed by atoms with Crippen LogP contribution in [-0.2, 0) is 11.3 Å². The standard InChI is InChI=1S/C15H22N2O.ClH/c1-16-11-13-8-4-5-9-14(13)17-15(18)10-12-6-2-3-7-12;/h4-5,8-9,12,16H,2-3,6-7,10-11H2,1H3,(H,17,18);1H. The Bertz CT molecular complexity index is 403. The van der Waals surface area contributed by atoms with Crippen LogP contribution in [0.1, 0.15) is 37.7 Å². The van der Waals surface area contributed by atoms with Crippen molar-refractivity contribution in [3.05, 3.63) is 29.8 Å². The lowest BCUT2D eigenvalue weighted by atomic mass is 10.0. The first-order valence-electron chi connectivity index (χ1n) is 6.82. The lowest BCUT2D eigenvalue weighted by Crippen LogP contribution is -2.17. The molecule has 3 nitrogen and oxygen atoms in total. The molecule has 19 heavy (non-hydrogen) atoms. The first-order chi connectivity index (χ1) is 8.79. The number of hydrogen-bond donors (Lipinski definition) is 2. The van der Waals surface area contributed by atoms with Gasteiger partial charge in [0.25, 0.3) is 0 Å². The summed E-state index contributed by atoms with van der Waals surface area (Å²) in [5.74, 6) is 0.756. The first-order valence-corrected chi connectivity index (χ1v) is 6.82. The fourth-order valence-electron chi connectivity index (χ4n) is 2.66. The molecule has 1 aliphatic carbocycles. The first kappa shape index (κ1) is 16.0. The molecule has 4 heteroatoms. The molecule has 0 bridgehead atoms. The fourth-order valence-corrected chi connectivity index (χ4v) is 2.66. The molecule has 0 atom stereocenters. The van der Waals surface area contributed by atoms with Crippen LogP contribution in [0.4, 0.5) is 5.69 Å². The second-order valence-electron chi connectivity index (χ2n) is 5.09. The van der Waals surface area contributed by atoms with E-state index in [2.05, 4.69) is 10.6 Å². The normalized spacial score (nSPS) is 15.0. The second kappa shape index (κ2) is 8.18. The maximum absolute atomic E-state index is 12.0. The predicted molar refractivity (Wildman–Crippen MR) is 81.7 cm³/mol. The van der Waals surface area contributed by atoms with Gasteiger partial charge in [-0.1, -0.05) is 31.0 Å². The molecule has 1 aromatic rings. The van der Waals surface area contributed by atoms with Gasteiger partial charge in [0.2, 0.25) is 5.91 Å². The van der Waals surface area contributed by atoms with Crippen LogP contribution in [0.3, 0.4) is 0 Å². The Hall–Kier alpha value is -1.06. The van der Waals surface area contributed by atoms with Crippen LogP contribution in [-0.4, -0.2) is 13.0 Å². The van der Waals surface area contributed by atoms with E-state index >= 15 is 0 Å². The average Bonchev–Trinajstić information content (AvgIpc) is 2.84. The number of benzene rings is 1. The summed E-state index contributed by atoms with van der Waals surface area (Å²) in [5, 5.41) is 6.16. The summed E-state index contributed by atoms with van der Waals surface area (Å²) in [6.45, 7) is 0.778. The topological polar surface area (TPSA) is 41.1 Å². The van der Waals surface area contributed by atoms with Gasteiger partial charge in [-0.2, -0.15) is 0 Å². The zero-order valence-electron chi connectivity index (χ0n) is 11.4. The summed E-state index contributed by atoms with van der Waals surface area (Å²) in [5.41, 5.74) is 2.08. The number of amides is 1. The molecule has 1 aliphatic rings. The van der Waals surface area contributed by atoms with Crippen molar-refractivity contribution < 1.29 is 4.79 Å². The van der Waals surface area contributed by atoms with Crippen molar-refractivity contribution in [3.63, 3.8) is 0 Å². The molecule has 1 saturated carbocycles. The molecule has 1 amide bonds. The lowest BCUT2D eigenvalue weighted by Gasteiger charge is -2.12. The number of nitrogens with one attached hydrogen (secondary N) is 2. The van der Waals surface area contributed by atoms with Gasteiger partial charge >= 0.3 is 0 Å². The molecule has 1 fully saturated rings. The summed E-state index contributed by atoms with van der Waals surface area (Å²) >= 11 is 0. The van der Waals surface area contributed by atoms with Crippen LogP contribution in [0.15, 0.2) is 24.3 Å². The smallest absolute Gasteiger partial charge is 0.224 e. The maximum Gasteiger partial charge on any atom is 0.224 e. The summed E-state index contributed by atoms with van der Waals surface area (Å²) in [4.78, 5) is 12.0. The fraction of sp³-hybridized carbons (Fsp3) is 0.533. The summed E-state index contributed by atoms with van der Waals surface area (Å²) < 4.78 is 0. The van der Waals surface area contributed by atoms with E-state index in [0.29, 0.717) is 12.3 Å². The van der Waals surface area contributed by atoms with Crippen LogP contribution in [0, 0.1) is 5.92 Å². The van der Waals surface area contributed by atoms with Crippen LogP contribution in [0.2, 0.25) is 0 Å². The van der Waals surface area contributed by atoms with Crippen molar-refractivity contribution >= 4 is 24.0 Å². The highest BCUT2D eigenvalue weighted by Crippen LogP contribution is 2.28. The number of hydrogen-bond acceptors (Lipinski definition) is 2. The number of rotatable bonds is 5. The summed E-state index contributed by atoms with van der Waals surface area (Å²) in [6, 6.07) is 7.98. The summed E-state index contributed by atoms with van der Waals surface area (Å²) in [7, 11) is 1.91. The third-order valence-corrected chi connectivity index (χ3v) is 3.61. The number of para-hydroxylation sites is 1. The molecule has 0 aliphatic heterocycles. The van der Waals surface area contributed by atoms with Gasteiger partial charge in [-0.05, 0) is 37.4 Å². The molecule has 106 valence electrons. The van der Waals surface area contributed by atoms with Gasteiger partial charge in [-0.3, -0.25) is 4.79 Å². The highest BCUT2D eigenvalue weighted by atomic mass is 35.5. The van der Waals surface area contributed by atoms with Gasteiger partial charge < -0.3 is 10.6 Å². The molecule has 2 N–H and O–H groups in total. The average molecular weight is 283 g/mol. The van der Waals surface area contributed by atoms with E-state index < -0.39 is 0 Å². The number of anilines is 1. The van der Waals surface area contributed by atoms with E-state index in [-0.39, 0.29) is 18.3 Å². The molecule has 0 aromatic heterocycles. The summed E-state index contributed by atoms with van der Waals surface area (Å²) in [6.07, 6.45) is 5.67. The van der Waals surface area contributed by atoms with Crippen molar-refractivity contribution in [2.45, 2.75) is 38.6 Å². The Morgan fingerprint density at radius 1 is 1.26 bits per heavy atom. The molecule has 1 aromatic carbocycles. The van der Waals surface area contributed by atoms with Crippen molar-refractivity contribution in [2.24, 2.45) is 5.92 Å². The monoisotopic (exact) mass is 282 g/mol. The van der Waals surface area contributed by atoms with Crippen LogP contribution >= 0.6 is 12.4 Å². The quantitative estimate of drug-likeness (QED) is 0.870. The van der Waals surface area contributed by atoms with Crippen LogP contribution in [0.5, 0.6) is 0 Å². The van der Waals surface area contributed by atoms with E-state index in [0.717, 1.165) is 17.8 Å². The van der Waals surface area contributed by atoms with E-state index in [1.54, 1.807) is 0 Å². The predicted octanol–water partition coefficient (Wildman–Crippen LogP) is 3.35. The van der Waals surface area contributed by atoms with Crippen molar-refractivity contribution in [3.8, 4) is 0 Å². The number of halogens is 1. The second-order valence-corrected chi connectivity index (χ2v) is 5.09. The zero-order chi connectivity index (χ0) is 12.8. The molecule has 0 spiro atoms. The van der Waals surface area contributed by atoms with Gasteiger partial charge in [0.15, 0.2) is 0 Å². The molecular weight excluding hydrogens is 260 g/mol. The van der Waals surface area contributed by atoms with E-state index in [9.17, 15) is 4.79 Å². The highest BCUT2D eigenvalue weighted by molar-refractivity contribution is 5.91. The zero-order valence-corrected chi connectivity index (χ0v) is 12.3. The SMILES string of the molecule is CNCc1ccccc1NC(=O)CC1CCCC1.Cl. The minimum atomic E-state index is 0. The van der Waals surface area contributed by atoms with E-state index in [1.807, 2.05) is 31.3 Å². The van der Waals surface area contributed by atoms with Crippen LogP contribution < -0.4 is 10.6 Å². The molecule has 2 rings (SSSR count).